The van der Waals surface area contributed by atoms with Crippen LogP contribution in [0.3, 0.4) is 0 Å². The van der Waals surface area contributed by atoms with Crippen LogP contribution in [0.15, 0.2) is 93.8 Å². The van der Waals surface area contributed by atoms with Crippen LogP contribution < -0.4 is 9.64 Å². The molecular formula is C24H20N4O4. The molecule has 0 radical (unpaired) electrons. The molecule has 3 aromatic carbocycles. The summed E-state index contributed by atoms with van der Waals surface area (Å²) < 4.78 is 10.5. The lowest BCUT2D eigenvalue weighted by atomic mass is 10.2. The number of aromatic hydroxyl groups is 1. The molecule has 4 rings (SSSR count). The van der Waals surface area contributed by atoms with Crippen molar-refractivity contribution in [3.63, 3.8) is 0 Å². The van der Waals surface area contributed by atoms with Crippen molar-refractivity contribution >= 4 is 23.0 Å². The van der Waals surface area contributed by atoms with Crippen LogP contribution in [0.25, 0.3) is 11.5 Å². The minimum absolute atomic E-state index is 0.105. The number of nitrogens with zero attached hydrogens (tertiary/aromatic N) is 4. The van der Waals surface area contributed by atoms with Crippen LogP contribution >= 0.6 is 0 Å². The molecule has 0 bridgehead atoms. The van der Waals surface area contributed by atoms with Crippen LogP contribution in [0, 0.1) is 0 Å². The van der Waals surface area contributed by atoms with Gasteiger partial charge in [0.2, 0.25) is 5.89 Å². The third-order valence-corrected chi connectivity index (χ3v) is 4.59. The van der Waals surface area contributed by atoms with Gasteiger partial charge in [-0.15, -0.1) is 0 Å². The van der Waals surface area contributed by atoms with Gasteiger partial charge in [0, 0.05) is 25.8 Å². The van der Waals surface area contributed by atoms with Gasteiger partial charge >= 0.3 is 5.97 Å². The van der Waals surface area contributed by atoms with Crippen LogP contribution in [0.5, 0.6) is 11.5 Å². The average Bonchev–Trinajstić information content (AvgIpc) is 3.33. The van der Waals surface area contributed by atoms with E-state index in [0.717, 1.165) is 11.4 Å². The number of hydrogen-bond donors (Lipinski definition) is 1. The van der Waals surface area contributed by atoms with Gasteiger partial charge in [0.25, 0.3) is 0 Å². The fraction of sp³-hybridized carbons (Fsp3) is 0.0833. The van der Waals surface area contributed by atoms with Crippen molar-refractivity contribution < 1.29 is 19.1 Å². The SMILES string of the molecule is CN(C)c1ccc(/N=N/c2ccc(C(=O)Oc3ccc(-c4ncco4)c(O)c3)cc2)cc1. The van der Waals surface area contributed by atoms with Gasteiger partial charge in [0.1, 0.15) is 17.8 Å². The number of esters is 1. The maximum absolute atomic E-state index is 12.4. The molecule has 0 aliphatic rings. The molecule has 32 heavy (non-hydrogen) atoms. The number of carbonyl (C=O) groups is 1. The molecule has 0 unspecified atom stereocenters. The molecule has 1 heterocycles. The van der Waals surface area contributed by atoms with Crippen LogP contribution in [0.2, 0.25) is 0 Å². The second kappa shape index (κ2) is 9.13. The van der Waals surface area contributed by atoms with E-state index in [9.17, 15) is 9.90 Å². The summed E-state index contributed by atoms with van der Waals surface area (Å²) in [4.78, 5) is 18.4. The molecule has 0 atom stereocenters. The number of ether oxygens (including phenoxy) is 1. The summed E-state index contributed by atoms with van der Waals surface area (Å²) in [6.45, 7) is 0. The summed E-state index contributed by atoms with van der Waals surface area (Å²) in [5.74, 6) is -0.185. The molecule has 160 valence electrons. The maximum Gasteiger partial charge on any atom is 0.343 e. The normalized spacial score (nSPS) is 10.9. The number of oxazole rings is 1. The van der Waals surface area contributed by atoms with E-state index in [1.807, 2.05) is 43.3 Å². The third kappa shape index (κ3) is 4.81. The lowest BCUT2D eigenvalue weighted by Gasteiger charge is -2.11. The summed E-state index contributed by atoms with van der Waals surface area (Å²) in [5, 5.41) is 18.6. The maximum atomic E-state index is 12.4. The summed E-state index contributed by atoms with van der Waals surface area (Å²) in [6.07, 6.45) is 2.89. The molecule has 0 spiro atoms. The monoisotopic (exact) mass is 428 g/mol. The predicted octanol–water partition coefficient (Wildman–Crippen LogP) is 5.75. The van der Waals surface area contributed by atoms with E-state index >= 15 is 0 Å². The Morgan fingerprint density at radius 3 is 2.19 bits per heavy atom. The van der Waals surface area contributed by atoms with Crippen molar-refractivity contribution in [3.05, 3.63) is 84.8 Å². The van der Waals surface area contributed by atoms with E-state index in [4.69, 9.17) is 9.15 Å². The molecule has 0 aliphatic carbocycles. The fourth-order valence-corrected chi connectivity index (χ4v) is 2.88. The Morgan fingerprint density at radius 2 is 1.62 bits per heavy atom. The number of hydrogen-bond acceptors (Lipinski definition) is 8. The number of rotatable bonds is 6. The van der Waals surface area contributed by atoms with E-state index in [1.165, 1.54) is 18.5 Å². The molecule has 4 aromatic rings. The van der Waals surface area contributed by atoms with E-state index in [0.29, 0.717) is 16.8 Å². The fourth-order valence-electron chi connectivity index (χ4n) is 2.88. The highest BCUT2D eigenvalue weighted by Crippen LogP contribution is 2.31. The van der Waals surface area contributed by atoms with Gasteiger partial charge in [-0.1, -0.05) is 0 Å². The quantitative estimate of drug-likeness (QED) is 0.238. The lowest BCUT2D eigenvalue weighted by Crippen LogP contribution is -2.08. The van der Waals surface area contributed by atoms with Gasteiger partial charge in [-0.05, 0) is 60.7 Å². The van der Waals surface area contributed by atoms with Crippen LogP contribution in [-0.2, 0) is 0 Å². The zero-order valence-electron chi connectivity index (χ0n) is 17.5. The first-order valence-electron chi connectivity index (χ1n) is 9.74. The van der Waals surface area contributed by atoms with Gasteiger partial charge in [-0.2, -0.15) is 10.2 Å². The summed E-state index contributed by atoms with van der Waals surface area (Å²) >= 11 is 0. The lowest BCUT2D eigenvalue weighted by molar-refractivity contribution is 0.0734. The molecular weight excluding hydrogens is 408 g/mol. The highest BCUT2D eigenvalue weighted by atomic mass is 16.5. The van der Waals surface area contributed by atoms with Gasteiger partial charge < -0.3 is 19.2 Å². The summed E-state index contributed by atoms with van der Waals surface area (Å²) in [5.41, 5.74) is 3.15. The Kier molecular flexibility index (Phi) is 5.94. The summed E-state index contributed by atoms with van der Waals surface area (Å²) in [6, 6.07) is 18.7. The molecule has 0 fully saturated rings. The Hall–Kier alpha value is -4.46. The highest BCUT2D eigenvalue weighted by Gasteiger charge is 2.13. The Balaban J connectivity index is 1.40. The van der Waals surface area contributed by atoms with Gasteiger partial charge in [-0.25, -0.2) is 9.78 Å². The van der Waals surface area contributed by atoms with Crippen molar-refractivity contribution in [2.75, 3.05) is 19.0 Å². The summed E-state index contributed by atoms with van der Waals surface area (Å²) in [7, 11) is 3.94. The van der Waals surface area contributed by atoms with Gasteiger partial charge in [0.15, 0.2) is 0 Å². The van der Waals surface area contributed by atoms with Crippen molar-refractivity contribution in [2.24, 2.45) is 10.2 Å². The van der Waals surface area contributed by atoms with E-state index in [1.54, 1.807) is 36.4 Å². The zero-order valence-corrected chi connectivity index (χ0v) is 17.5. The Morgan fingerprint density at radius 1 is 0.969 bits per heavy atom. The van der Waals surface area contributed by atoms with Crippen molar-refractivity contribution in [1.29, 1.82) is 0 Å². The zero-order chi connectivity index (χ0) is 22.5. The first kappa shape index (κ1) is 20.8. The van der Waals surface area contributed by atoms with Crippen LogP contribution in [-0.4, -0.2) is 30.2 Å². The van der Waals surface area contributed by atoms with Gasteiger partial charge in [-0.3, -0.25) is 0 Å². The number of benzene rings is 3. The molecule has 0 saturated carbocycles. The molecule has 1 N–H and O–H groups in total. The minimum Gasteiger partial charge on any atom is -0.507 e. The number of aromatic nitrogens is 1. The smallest absolute Gasteiger partial charge is 0.343 e. The largest absolute Gasteiger partial charge is 0.507 e. The van der Waals surface area contributed by atoms with E-state index < -0.39 is 5.97 Å². The first-order chi connectivity index (χ1) is 15.5. The Labute approximate surface area is 184 Å². The molecule has 0 saturated heterocycles. The van der Waals surface area contributed by atoms with E-state index in [-0.39, 0.29) is 17.4 Å². The topological polar surface area (TPSA) is 101 Å². The minimum atomic E-state index is -0.559. The Bertz CT molecular complexity index is 1230. The van der Waals surface area contributed by atoms with E-state index in [2.05, 4.69) is 15.2 Å². The van der Waals surface area contributed by atoms with Crippen molar-refractivity contribution in [3.8, 4) is 23.0 Å². The first-order valence-corrected chi connectivity index (χ1v) is 9.74. The molecule has 8 heteroatoms. The number of carbonyl (C=O) groups excluding carboxylic acids is 1. The molecule has 0 aliphatic heterocycles. The van der Waals surface area contributed by atoms with Crippen LogP contribution in [0.4, 0.5) is 17.1 Å². The third-order valence-electron chi connectivity index (χ3n) is 4.59. The van der Waals surface area contributed by atoms with Crippen molar-refractivity contribution in [1.82, 2.24) is 4.98 Å². The molecule has 1 aromatic heterocycles. The molecule has 8 nitrogen and oxygen atoms in total. The number of azo groups is 1. The standard InChI is InChI=1S/C24H20N4O4/c1-28(2)19-9-7-18(8-10-19)27-26-17-5-3-16(4-6-17)24(30)32-20-11-12-21(22(29)15-20)23-25-13-14-31-23/h3-15,29H,1-2H3/b27-26+. The number of phenolic OH excluding ortho intramolecular Hbond substituents is 1. The highest BCUT2D eigenvalue weighted by molar-refractivity contribution is 5.91. The predicted molar refractivity (Wildman–Crippen MR) is 120 cm³/mol. The second-order valence-corrected chi connectivity index (χ2v) is 7.06. The van der Waals surface area contributed by atoms with Crippen LogP contribution in [0.1, 0.15) is 10.4 Å². The number of phenols is 1. The number of anilines is 1. The average molecular weight is 428 g/mol. The second-order valence-electron chi connectivity index (χ2n) is 7.06. The van der Waals surface area contributed by atoms with Gasteiger partial charge in [0.05, 0.1) is 28.7 Å². The van der Waals surface area contributed by atoms with Crippen molar-refractivity contribution in [2.45, 2.75) is 0 Å². The molecule has 0 amide bonds.